The molecular formula is C36H59BN4O7. The van der Waals surface area contributed by atoms with Crippen molar-refractivity contribution < 1.29 is 34.3 Å². The maximum Gasteiger partial charge on any atom is 0.472 e. The van der Waals surface area contributed by atoms with Gasteiger partial charge in [-0.1, -0.05) is 109 Å². The van der Waals surface area contributed by atoms with Crippen LogP contribution in [0.4, 0.5) is 4.79 Å². The highest BCUT2D eigenvalue weighted by atomic mass is 16.5. The summed E-state index contributed by atoms with van der Waals surface area (Å²) in [4.78, 5) is 38.0. The number of carbonyl (C=O) groups excluding carboxylic acids is 2. The van der Waals surface area contributed by atoms with Crippen LogP contribution in [0.25, 0.3) is 0 Å². The van der Waals surface area contributed by atoms with E-state index in [4.69, 9.17) is 19.9 Å². The molecule has 0 bridgehead atoms. The van der Waals surface area contributed by atoms with E-state index >= 15 is 0 Å². The van der Waals surface area contributed by atoms with Crippen LogP contribution >= 0.6 is 0 Å². The van der Waals surface area contributed by atoms with Crippen LogP contribution in [-0.4, -0.2) is 82.7 Å². The van der Waals surface area contributed by atoms with E-state index in [1.165, 1.54) is 49.8 Å². The van der Waals surface area contributed by atoms with Gasteiger partial charge in [-0.3, -0.25) is 14.5 Å². The van der Waals surface area contributed by atoms with Gasteiger partial charge in [0.05, 0.1) is 20.1 Å². The molecule has 0 radical (unpaired) electrons. The Morgan fingerprint density at radius 1 is 0.896 bits per heavy atom. The van der Waals surface area contributed by atoms with E-state index in [2.05, 4.69) is 24.5 Å². The maximum atomic E-state index is 12.4. The van der Waals surface area contributed by atoms with Crippen LogP contribution in [0.15, 0.2) is 48.5 Å². The lowest BCUT2D eigenvalue weighted by Crippen LogP contribution is -2.50. The topological polar surface area (TPSA) is 152 Å². The first kappa shape index (κ1) is 42.4. The molecule has 0 spiro atoms. The van der Waals surface area contributed by atoms with Crippen LogP contribution in [0.2, 0.25) is 0 Å². The summed E-state index contributed by atoms with van der Waals surface area (Å²) in [5.41, 5.74) is 3.28. The highest BCUT2D eigenvalue weighted by Crippen LogP contribution is 2.22. The lowest BCUT2D eigenvalue weighted by molar-refractivity contribution is -0.137. The fourth-order valence-corrected chi connectivity index (χ4v) is 5.30. The van der Waals surface area contributed by atoms with Crippen molar-refractivity contribution in [1.29, 1.82) is 0 Å². The van der Waals surface area contributed by atoms with Gasteiger partial charge in [0, 0.05) is 26.2 Å². The number of methoxy groups -OCH3 is 1. The van der Waals surface area contributed by atoms with E-state index in [9.17, 15) is 14.4 Å². The number of ether oxygens (including phenoxy) is 1. The van der Waals surface area contributed by atoms with Gasteiger partial charge in [-0.05, 0) is 41.7 Å². The Morgan fingerprint density at radius 3 is 1.96 bits per heavy atom. The summed E-state index contributed by atoms with van der Waals surface area (Å²) in [6.45, 7) is 10.8. The number of likely N-dealkylation sites (tertiary alicyclic amines) is 1. The number of nitrogens with zero attached hydrogens (tertiary/aromatic N) is 2. The number of fused-ring (bicyclic) bond motifs is 1. The van der Waals surface area contributed by atoms with Crippen molar-refractivity contribution in [2.24, 2.45) is 0 Å². The van der Waals surface area contributed by atoms with Gasteiger partial charge in [0.15, 0.2) is 0 Å². The monoisotopic (exact) mass is 670 g/mol. The summed E-state index contributed by atoms with van der Waals surface area (Å²) in [6.07, 6.45) is 10.2. The molecule has 2 aliphatic rings. The van der Waals surface area contributed by atoms with E-state index in [1.807, 2.05) is 62.4 Å². The van der Waals surface area contributed by atoms with Gasteiger partial charge in [0.25, 0.3) is 0 Å². The van der Waals surface area contributed by atoms with E-state index in [0.717, 1.165) is 28.9 Å². The minimum atomic E-state index is -1.60. The lowest BCUT2D eigenvalue weighted by atomic mass is 9.92. The predicted octanol–water partition coefficient (Wildman–Crippen LogP) is 5.37. The number of hydrogen-bond donors (Lipinski definition) is 5. The quantitative estimate of drug-likeness (QED) is 0.133. The van der Waals surface area contributed by atoms with Gasteiger partial charge >= 0.3 is 13.2 Å². The van der Waals surface area contributed by atoms with Gasteiger partial charge in [-0.25, -0.2) is 4.79 Å². The van der Waals surface area contributed by atoms with Crippen molar-refractivity contribution in [3.8, 4) is 5.75 Å². The first-order valence-corrected chi connectivity index (χ1v) is 17.5. The Morgan fingerprint density at radius 2 is 1.46 bits per heavy atom. The fraction of sp³-hybridized carbons (Fsp3) is 0.583. The molecule has 12 heteroatoms. The molecule has 2 aliphatic heterocycles. The first-order chi connectivity index (χ1) is 23.2. The lowest BCUT2D eigenvalue weighted by Gasteiger charge is -2.24. The molecule has 11 nitrogen and oxygen atoms in total. The number of nitrogens with one attached hydrogen (secondary N) is 2. The number of amides is 3. The van der Waals surface area contributed by atoms with Crippen LogP contribution in [0, 0.1) is 0 Å². The molecule has 2 heterocycles. The van der Waals surface area contributed by atoms with E-state index in [-0.39, 0.29) is 24.8 Å². The summed E-state index contributed by atoms with van der Waals surface area (Å²) in [5.74, 6) is 0.281. The second-order valence-electron chi connectivity index (χ2n) is 11.6. The third kappa shape index (κ3) is 16.5. The summed E-state index contributed by atoms with van der Waals surface area (Å²) in [5, 5.41) is 31.9. The van der Waals surface area contributed by atoms with Crippen LogP contribution in [-0.2, 0) is 29.2 Å². The van der Waals surface area contributed by atoms with Crippen LogP contribution in [0.1, 0.15) is 102 Å². The molecule has 2 aromatic carbocycles. The molecule has 1 atom stereocenters. The van der Waals surface area contributed by atoms with Crippen molar-refractivity contribution in [2.45, 2.75) is 111 Å². The van der Waals surface area contributed by atoms with E-state index in [0.29, 0.717) is 32.6 Å². The average Bonchev–Trinajstić information content (AvgIpc) is 3.78. The predicted molar refractivity (Wildman–Crippen MR) is 191 cm³/mol. The van der Waals surface area contributed by atoms with Crippen LogP contribution in [0.3, 0.4) is 0 Å². The molecule has 1 saturated heterocycles. The Labute approximate surface area is 288 Å². The molecule has 2 aromatic rings. The molecule has 0 saturated carbocycles. The zero-order chi connectivity index (χ0) is 35.7. The molecule has 1 fully saturated rings. The molecule has 48 heavy (non-hydrogen) atoms. The third-order valence-electron chi connectivity index (χ3n) is 7.92. The molecule has 5 N–H and O–H groups in total. The summed E-state index contributed by atoms with van der Waals surface area (Å²) in [6, 6.07) is 14.8. The molecule has 268 valence electrons. The SMILES string of the molecule is CC.CCCCCCCCC.COc1ccc(CNCC(=O)N2CCCC2C(=O)NCB(O)O)cc1.O=C(O)N1Cc2ccccc2C1. The summed E-state index contributed by atoms with van der Waals surface area (Å²) >= 11 is 0. The number of unbranched alkanes of at least 4 members (excludes halogenated alkanes) is 6. The second kappa shape index (κ2) is 25.4. The Bertz CT molecular complexity index is 1150. The minimum absolute atomic E-state index is 0.137. The Hall–Kier alpha value is -3.61. The Kier molecular flexibility index (Phi) is 22.5. The van der Waals surface area contributed by atoms with E-state index < -0.39 is 19.3 Å². The largest absolute Gasteiger partial charge is 0.497 e. The smallest absolute Gasteiger partial charge is 0.472 e. The van der Waals surface area contributed by atoms with E-state index in [1.54, 1.807) is 12.0 Å². The fourth-order valence-electron chi connectivity index (χ4n) is 5.30. The summed E-state index contributed by atoms with van der Waals surface area (Å²) < 4.78 is 5.10. The zero-order valence-electron chi connectivity index (χ0n) is 29.7. The van der Waals surface area contributed by atoms with Gasteiger partial charge in [0.1, 0.15) is 11.8 Å². The molecular weight excluding hydrogens is 611 g/mol. The van der Waals surface area contributed by atoms with Crippen molar-refractivity contribution in [3.63, 3.8) is 0 Å². The normalized spacial score (nSPS) is 14.3. The van der Waals surface area contributed by atoms with Gasteiger partial charge < -0.3 is 35.4 Å². The highest BCUT2D eigenvalue weighted by Gasteiger charge is 2.34. The number of carboxylic acid groups (broad SMARTS) is 1. The molecule has 0 aromatic heterocycles. The van der Waals surface area contributed by atoms with Crippen molar-refractivity contribution in [2.75, 3.05) is 26.6 Å². The van der Waals surface area contributed by atoms with Gasteiger partial charge in [-0.2, -0.15) is 0 Å². The first-order valence-electron chi connectivity index (χ1n) is 17.5. The second-order valence-corrected chi connectivity index (χ2v) is 11.6. The van der Waals surface area contributed by atoms with Crippen molar-refractivity contribution in [3.05, 3.63) is 65.2 Å². The number of rotatable bonds is 14. The average molecular weight is 671 g/mol. The number of benzene rings is 2. The van der Waals surface area contributed by atoms with Crippen LogP contribution < -0.4 is 15.4 Å². The standard InChI is InChI=1S/C16H24BN3O5.C9H9NO2.C9H20.C2H6/c1-25-13-6-4-12(5-7-13)9-18-10-15(21)20-8-2-3-14(20)16(22)19-11-17(23)24;11-9(12)10-5-7-3-1-2-4-8(7)6-10;1-3-5-7-9-8-6-4-2;1-2/h4-7,14,18,23-24H,2-3,8-11H2,1H3,(H,19,22);1-4H,5-6H2,(H,11,12);3-9H2,1-2H3;1-2H3. The zero-order valence-corrected chi connectivity index (χ0v) is 29.7. The minimum Gasteiger partial charge on any atom is -0.497 e. The highest BCUT2D eigenvalue weighted by molar-refractivity contribution is 6.41. The molecule has 1 unspecified atom stereocenters. The molecule has 3 amide bonds. The number of hydrogen-bond acceptors (Lipinski definition) is 7. The summed E-state index contributed by atoms with van der Waals surface area (Å²) in [7, 11) is 0.0103. The van der Waals surface area contributed by atoms with Crippen molar-refractivity contribution >= 4 is 25.0 Å². The van der Waals surface area contributed by atoms with Gasteiger partial charge in [0.2, 0.25) is 11.8 Å². The van der Waals surface area contributed by atoms with Crippen molar-refractivity contribution in [1.82, 2.24) is 20.4 Å². The number of carbonyl (C=O) groups is 3. The molecule has 0 aliphatic carbocycles. The van der Waals surface area contributed by atoms with Crippen LogP contribution in [0.5, 0.6) is 5.75 Å². The Balaban J connectivity index is 0.000000412. The third-order valence-corrected chi connectivity index (χ3v) is 7.92. The maximum absolute atomic E-state index is 12.4. The van der Waals surface area contributed by atoms with Gasteiger partial charge in [-0.15, -0.1) is 0 Å². The molecule has 4 rings (SSSR count).